The first kappa shape index (κ1) is 24.7. The van der Waals surface area contributed by atoms with E-state index >= 15 is 0 Å². The van der Waals surface area contributed by atoms with Gasteiger partial charge in [0, 0.05) is 35.0 Å². The van der Waals surface area contributed by atoms with Crippen molar-refractivity contribution in [2.75, 3.05) is 6.54 Å². The largest absolute Gasteiger partial charge is 0.458 e. The molecule has 0 spiro atoms. The van der Waals surface area contributed by atoms with E-state index in [0.717, 1.165) is 22.1 Å². The molecule has 38 heavy (non-hydrogen) atoms. The van der Waals surface area contributed by atoms with Crippen LogP contribution in [0.15, 0.2) is 16.9 Å². The molecule has 0 radical (unpaired) electrons. The third-order valence-corrected chi connectivity index (χ3v) is 8.50. The number of rotatable bonds is 4. The SMILES string of the molecule is CC[C@@]1(O)C(=O)OCc2c1cc1n(c2=O)Cc2c-1nc1cc(F)c(C)c3c1c2[C@@H](NC(=O)[C@H](C)CN)CC3. The first-order chi connectivity index (χ1) is 18.1. The molecule has 2 aliphatic heterocycles. The number of aromatic nitrogens is 2. The zero-order valence-corrected chi connectivity index (χ0v) is 21.5. The topological polar surface area (TPSA) is 137 Å². The highest BCUT2D eigenvalue weighted by Crippen LogP contribution is 2.46. The Morgan fingerprint density at radius 2 is 2.11 bits per heavy atom. The fourth-order valence-corrected chi connectivity index (χ4v) is 6.12. The summed E-state index contributed by atoms with van der Waals surface area (Å²) >= 11 is 0. The van der Waals surface area contributed by atoms with E-state index < -0.39 is 11.6 Å². The second-order valence-electron chi connectivity index (χ2n) is 10.5. The number of carbonyl (C=O) groups excluding carboxylic acids is 2. The Hall–Kier alpha value is -3.63. The second kappa shape index (κ2) is 8.44. The van der Waals surface area contributed by atoms with Gasteiger partial charge in [-0.05, 0) is 48.9 Å². The van der Waals surface area contributed by atoms with Crippen molar-refractivity contribution in [3.8, 4) is 11.4 Å². The van der Waals surface area contributed by atoms with Crippen molar-refractivity contribution in [3.63, 3.8) is 0 Å². The monoisotopic (exact) mass is 520 g/mol. The fraction of sp³-hybridized carbons (Fsp3) is 0.429. The van der Waals surface area contributed by atoms with Crippen LogP contribution in [0.5, 0.6) is 0 Å². The van der Waals surface area contributed by atoms with Crippen molar-refractivity contribution in [1.82, 2.24) is 14.9 Å². The van der Waals surface area contributed by atoms with Crippen LogP contribution >= 0.6 is 0 Å². The van der Waals surface area contributed by atoms with Gasteiger partial charge in [-0.15, -0.1) is 0 Å². The number of nitrogens with two attached hydrogens (primary N) is 1. The first-order valence-corrected chi connectivity index (χ1v) is 12.9. The Bertz CT molecular complexity index is 1630. The van der Waals surface area contributed by atoms with Gasteiger partial charge in [0.15, 0.2) is 5.60 Å². The number of benzene rings is 1. The lowest BCUT2D eigenvalue weighted by Gasteiger charge is -2.31. The number of hydrogen-bond acceptors (Lipinski definition) is 7. The van der Waals surface area contributed by atoms with Crippen molar-refractivity contribution in [1.29, 1.82) is 0 Å². The number of aliphatic hydroxyl groups is 1. The summed E-state index contributed by atoms with van der Waals surface area (Å²) in [5.41, 5.74) is 8.21. The molecule has 0 saturated carbocycles. The fourth-order valence-electron chi connectivity index (χ4n) is 6.12. The van der Waals surface area contributed by atoms with E-state index in [1.54, 1.807) is 31.4 Å². The van der Waals surface area contributed by atoms with Crippen LogP contribution in [0.1, 0.15) is 66.1 Å². The van der Waals surface area contributed by atoms with Crippen molar-refractivity contribution >= 4 is 22.8 Å². The normalized spacial score (nSPS) is 21.9. The Morgan fingerprint density at radius 1 is 1.34 bits per heavy atom. The summed E-state index contributed by atoms with van der Waals surface area (Å²) in [6.45, 7) is 5.33. The van der Waals surface area contributed by atoms with Crippen LogP contribution in [0.25, 0.3) is 22.3 Å². The van der Waals surface area contributed by atoms with Crippen LogP contribution in [0.3, 0.4) is 0 Å². The molecule has 3 atom stereocenters. The number of ether oxygens (including phenoxy) is 1. The predicted octanol–water partition coefficient (Wildman–Crippen LogP) is 2.23. The minimum atomic E-state index is -1.94. The Morgan fingerprint density at radius 3 is 2.82 bits per heavy atom. The number of nitrogens with one attached hydrogen (secondary N) is 1. The van der Waals surface area contributed by atoms with E-state index in [0.29, 0.717) is 35.3 Å². The summed E-state index contributed by atoms with van der Waals surface area (Å²) in [7, 11) is 0. The maximum absolute atomic E-state index is 15.0. The standard InChI is InChI=1S/C28H29FN4O5/c1-4-28(37)17-7-21-24-15(10-33(21)26(35)16(17)11-38-27(28)36)23-19(32-25(34)12(2)9-30)6-5-14-13(3)18(29)8-20(31-24)22(14)23/h7-8,12,19,37H,4-6,9-11,30H2,1-3H3,(H,32,34)/t12-,19+,28+/m1/s1. The van der Waals surface area contributed by atoms with Gasteiger partial charge in [0.1, 0.15) is 12.4 Å². The van der Waals surface area contributed by atoms with E-state index in [9.17, 15) is 23.9 Å². The van der Waals surface area contributed by atoms with Gasteiger partial charge in [0.05, 0.1) is 35.1 Å². The van der Waals surface area contributed by atoms with Crippen molar-refractivity contribution < 1.29 is 23.8 Å². The summed E-state index contributed by atoms with van der Waals surface area (Å²) in [6, 6.07) is 2.66. The second-order valence-corrected chi connectivity index (χ2v) is 10.5. The maximum Gasteiger partial charge on any atom is 0.343 e. The molecule has 6 rings (SSSR count). The molecular weight excluding hydrogens is 491 g/mol. The number of carbonyl (C=O) groups is 2. The minimum Gasteiger partial charge on any atom is -0.458 e. The van der Waals surface area contributed by atoms with Gasteiger partial charge in [-0.3, -0.25) is 9.59 Å². The van der Waals surface area contributed by atoms with Crippen LogP contribution in [-0.4, -0.2) is 33.1 Å². The number of aryl methyl sites for hydroxylation is 1. The number of amides is 1. The molecule has 1 aromatic carbocycles. The molecule has 3 aromatic rings. The van der Waals surface area contributed by atoms with Gasteiger partial charge in [0.25, 0.3) is 5.56 Å². The number of fused-ring (bicyclic) bond motifs is 5. The van der Waals surface area contributed by atoms with Crippen molar-refractivity contribution in [2.24, 2.45) is 11.7 Å². The molecular formula is C28H29FN4O5. The van der Waals surface area contributed by atoms with Crippen LogP contribution in [0.2, 0.25) is 0 Å². The smallest absolute Gasteiger partial charge is 0.343 e. The van der Waals surface area contributed by atoms with Crippen molar-refractivity contribution in [3.05, 3.63) is 61.7 Å². The average molecular weight is 521 g/mol. The van der Waals surface area contributed by atoms with Crippen LogP contribution in [-0.2, 0) is 39.5 Å². The molecule has 0 bridgehead atoms. The zero-order chi connectivity index (χ0) is 27.1. The number of esters is 1. The molecule has 1 amide bonds. The van der Waals surface area contributed by atoms with Gasteiger partial charge < -0.3 is 25.5 Å². The van der Waals surface area contributed by atoms with E-state index in [2.05, 4.69) is 5.32 Å². The minimum absolute atomic E-state index is 0.0340. The Kier molecular flexibility index (Phi) is 5.48. The molecule has 4 heterocycles. The van der Waals surface area contributed by atoms with Gasteiger partial charge >= 0.3 is 5.97 Å². The molecule has 9 nitrogen and oxygen atoms in total. The third kappa shape index (κ3) is 3.23. The molecule has 4 N–H and O–H groups in total. The zero-order valence-electron chi connectivity index (χ0n) is 21.5. The van der Waals surface area contributed by atoms with Gasteiger partial charge in [-0.25, -0.2) is 14.2 Å². The highest BCUT2D eigenvalue weighted by Gasteiger charge is 2.46. The first-order valence-electron chi connectivity index (χ1n) is 12.9. The Labute approximate surface area is 217 Å². The van der Waals surface area contributed by atoms with Gasteiger partial charge in [0.2, 0.25) is 5.91 Å². The molecule has 10 heteroatoms. The summed E-state index contributed by atoms with van der Waals surface area (Å²) in [4.78, 5) is 43.8. The molecule has 3 aliphatic rings. The summed E-state index contributed by atoms with van der Waals surface area (Å²) in [5, 5.41) is 15.1. The molecule has 0 saturated heterocycles. The van der Waals surface area contributed by atoms with E-state index in [-0.39, 0.29) is 66.5 Å². The molecule has 0 unspecified atom stereocenters. The molecule has 2 aromatic heterocycles. The van der Waals surface area contributed by atoms with Gasteiger partial charge in [-0.2, -0.15) is 0 Å². The summed E-state index contributed by atoms with van der Waals surface area (Å²) in [5.74, 6) is -1.72. The lowest BCUT2D eigenvalue weighted by Crippen LogP contribution is -2.44. The van der Waals surface area contributed by atoms with E-state index in [1.165, 1.54) is 6.07 Å². The molecule has 0 fully saturated rings. The number of nitrogens with zero attached hydrogens (tertiary/aromatic N) is 2. The summed E-state index contributed by atoms with van der Waals surface area (Å²) in [6.07, 6.45) is 1.16. The van der Waals surface area contributed by atoms with Crippen LogP contribution < -0.4 is 16.6 Å². The van der Waals surface area contributed by atoms with Crippen molar-refractivity contribution in [2.45, 2.75) is 64.8 Å². The van der Waals surface area contributed by atoms with E-state index in [1.807, 2.05) is 0 Å². The third-order valence-electron chi connectivity index (χ3n) is 8.50. The molecule has 1 aliphatic carbocycles. The van der Waals surface area contributed by atoms with E-state index in [4.69, 9.17) is 15.5 Å². The Balaban J connectivity index is 1.63. The number of hydrogen-bond donors (Lipinski definition) is 3. The maximum atomic E-state index is 15.0. The number of halogens is 1. The highest BCUT2D eigenvalue weighted by atomic mass is 19.1. The predicted molar refractivity (Wildman–Crippen MR) is 137 cm³/mol. The van der Waals surface area contributed by atoms with Crippen LogP contribution in [0, 0.1) is 18.7 Å². The number of cyclic esters (lactones) is 1. The lowest BCUT2D eigenvalue weighted by molar-refractivity contribution is -0.172. The summed E-state index contributed by atoms with van der Waals surface area (Å²) < 4.78 is 21.7. The average Bonchev–Trinajstić information content (AvgIpc) is 3.28. The molecule has 198 valence electrons. The quantitative estimate of drug-likeness (QED) is 0.351. The highest BCUT2D eigenvalue weighted by molar-refractivity contribution is 5.94. The number of pyridine rings is 2. The lowest BCUT2D eigenvalue weighted by atomic mass is 9.81. The van der Waals surface area contributed by atoms with Gasteiger partial charge in [-0.1, -0.05) is 13.8 Å². The van der Waals surface area contributed by atoms with Crippen LogP contribution in [0.4, 0.5) is 4.39 Å².